The van der Waals surface area contributed by atoms with Gasteiger partial charge in [0.2, 0.25) is 0 Å². The summed E-state index contributed by atoms with van der Waals surface area (Å²) in [5.41, 5.74) is 1.00. The van der Waals surface area contributed by atoms with Crippen molar-refractivity contribution >= 4 is 11.8 Å². The molecule has 1 atom stereocenters. The summed E-state index contributed by atoms with van der Waals surface area (Å²) < 4.78 is 18.7. The molecule has 0 amide bonds. The Kier molecular flexibility index (Phi) is 5.80. The van der Waals surface area contributed by atoms with E-state index in [-0.39, 0.29) is 11.9 Å². The van der Waals surface area contributed by atoms with E-state index < -0.39 is 0 Å². The van der Waals surface area contributed by atoms with E-state index in [0.717, 1.165) is 16.2 Å². The molecule has 0 radical (unpaired) electrons. The monoisotopic (exact) mass is 243 g/mol. The van der Waals surface area contributed by atoms with E-state index in [0.29, 0.717) is 6.61 Å². The Hall–Kier alpha value is -0.580. The lowest BCUT2D eigenvalue weighted by atomic mass is 10.1. The minimum Gasteiger partial charge on any atom is -0.384 e. The summed E-state index contributed by atoms with van der Waals surface area (Å²) in [4.78, 5) is 0.724. The van der Waals surface area contributed by atoms with Crippen LogP contribution in [0.2, 0.25) is 0 Å². The van der Waals surface area contributed by atoms with Gasteiger partial charge in [-0.2, -0.15) is 0 Å². The van der Waals surface area contributed by atoms with Gasteiger partial charge in [-0.15, -0.1) is 11.8 Å². The van der Waals surface area contributed by atoms with Crippen molar-refractivity contribution in [2.45, 2.75) is 17.9 Å². The average molecular weight is 243 g/mol. The maximum absolute atomic E-state index is 13.7. The first-order chi connectivity index (χ1) is 7.70. The predicted molar refractivity (Wildman–Crippen MR) is 66.5 cm³/mol. The van der Waals surface area contributed by atoms with Crippen molar-refractivity contribution in [1.82, 2.24) is 5.32 Å². The molecule has 1 aromatic rings. The van der Waals surface area contributed by atoms with Crippen molar-refractivity contribution in [1.29, 1.82) is 0 Å². The highest BCUT2D eigenvalue weighted by Gasteiger charge is 2.13. The number of rotatable bonds is 6. The third-order valence-electron chi connectivity index (χ3n) is 2.43. The number of thioether (sulfide) groups is 1. The highest BCUT2D eigenvalue weighted by molar-refractivity contribution is 7.99. The maximum atomic E-state index is 13.7. The molecule has 1 rings (SSSR count). The van der Waals surface area contributed by atoms with Crippen LogP contribution in [0.5, 0.6) is 0 Å². The van der Waals surface area contributed by atoms with Crippen LogP contribution in [0, 0.1) is 5.82 Å². The zero-order valence-electron chi connectivity index (χ0n) is 9.92. The number of ether oxygens (including phenoxy) is 1. The van der Waals surface area contributed by atoms with Crippen LogP contribution in [0.4, 0.5) is 4.39 Å². The van der Waals surface area contributed by atoms with E-state index in [1.165, 1.54) is 17.8 Å². The summed E-state index contributed by atoms with van der Waals surface area (Å²) in [5, 5.41) is 3.13. The van der Waals surface area contributed by atoms with Gasteiger partial charge in [-0.1, -0.05) is 12.1 Å². The molecular weight excluding hydrogens is 225 g/mol. The molecule has 1 unspecified atom stereocenters. The molecule has 0 aliphatic heterocycles. The fourth-order valence-electron chi connectivity index (χ4n) is 1.40. The van der Waals surface area contributed by atoms with Crippen LogP contribution in [0.1, 0.15) is 18.5 Å². The van der Waals surface area contributed by atoms with Crippen LogP contribution >= 0.6 is 11.8 Å². The van der Waals surface area contributed by atoms with E-state index in [4.69, 9.17) is 4.74 Å². The Balaban J connectivity index is 2.85. The lowest BCUT2D eigenvalue weighted by Gasteiger charge is -2.15. The van der Waals surface area contributed by atoms with E-state index >= 15 is 0 Å². The smallest absolute Gasteiger partial charge is 0.137 e. The normalized spacial score (nSPS) is 12.8. The van der Waals surface area contributed by atoms with Crippen molar-refractivity contribution in [3.63, 3.8) is 0 Å². The van der Waals surface area contributed by atoms with Gasteiger partial charge in [0.1, 0.15) is 5.82 Å². The Morgan fingerprint density at radius 3 is 2.88 bits per heavy atom. The van der Waals surface area contributed by atoms with Gasteiger partial charge in [0.15, 0.2) is 0 Å². The molecule has 0 aromatic heterocycles. The molecule has 16 heavy (non-hydrogen) atoms. The molecule has 1 N–H and O–H groups in total. The van der Waals surface area contributed by atoms with Crippen molar-refractivity contribution in [3.05, 3.63) is 29.6 Å². The second kappa shape index (κ2) is 6.89. The van der Waals surface area contributed by atoms with Gasteiger partial charge in [-0.05, 0) is 25.6 Å². The average Bonchev–Trinajstić information content (AvgIpc) is 2.30. The number of nitrogens with one attached hydrogen (secondary N) is 1. The lowest BCUT2D eigenvalue weighted by Crippen LogP contribution is -2.14. The topological polar surface area (TPSA) is 21.3 Å². The maximum Gasteiger partial charge on any atom is 0.137 e. The van der Waals surface area contributed by atoms with Gasteiger partial charge in [-0.25, -0.2) is 4.39 Å². The van der Waals surface area contributed by atoms with Gasteiger partial charge < -0.3 is 10.1 Å². The standard InChI is InChI=1S/C12H18FNOS/c1-9(14-2)10-5-4-6-11(13)12(10)16-8-7-15-3/h4-6,9,14H,7-8H2,1-3H3. The molecule has 0 aliphatic carbocycles. The minimum absolute atomic E-state index is 0.152. The SMILES string of the molecule is CNC(C)c1cccc(F)c1SCCOC. The molecule has 0 fully saturated rings. The second-order valence-corrected chi connectivity index (χ2v) is 4.61. The third kappa shape index (κ3) is 3.47. The predicted octanol–water partition coefficient (Wildman–Crippen LogP) is 2.84. The second-order valence-electron chi connectivity index (χ2n) is 3.51. The van der Waals surface area contributed by atoms with Gasteiger partial charge >= 0.3 is 0 Å². The van der Waals surface area contributed by atoms with Gasteiger partial charge in [-0.3, -0.25) is 0 Å². The highest BCUT2D eigenvalue weighted by atomic mass is 32.2. The van der Waals surface area contributed by atoms with Crippen LogP contribution < -0.4 is 5.32 Å². The molecule has 0 aliphatic rings. The van der Waals surface area contributed by atoms with Gasteiger partial charge in [0, 0.05) is 23.8 Å². The molecule has 0 spiro atoms. The summed E-state index contributed by atoms with van der Waals surface area (Å²) in [6.45, 7) is 2.65. The first-order valence-electron chi connectivity index (χ1n) is 5.28. The van der Waals surface area contributed by atoms with Gasteiger partial charge in [0.25, 0.3) is 0 Å². The first kappa shape index (κ1) is 13.5. The summed E-state index contributed by atoms with van der Waals surface area (Å²) in [6.07, 6.45) is 0. The highest BCUT2D eigenvalue weighted by Crippen LogP contribution is 2.29. The summed E-state index contributed by atoms with van der Waals surface area (Å²) in [6, 6.07) is 5.36. The molecular formula is C12H18FNOS. The number of methoxy groups -OCH3 is 1. The minimum atomic E-state index is -0.152. The third-order valence-corrected chi connectivity index (χ3v) is 3.52. The van der Waals surface area contributed by atoms with Gasteiger partial charge in [0.05, 0.1) is 6.61 Å². The Bertz CT molecular complexity index is 333. The first-order valence-corrected chi connectivity index (χ1v) is 6.26. The molecule has 0 heterocycles. The Morgan fingerprint density at radius 2 is 2.25 bits per heavy atom. The molecule has 0 saturated heterocycles. The summed E-state index contributed by atoms with van der Waals surface area (Å²) in [7, 11) is 3.53. The zero-order chi connectivity index (χ0) is 12.0. The van der Waals surface area contributed by atoms with Crippen LogP contribution in [0.15, 0.2) is 23.1 Å². The molecule has 2 nitrogen and oxygen atoms in total. The fourth-order valence-corrected chi connectivity index (χ4v) is 2.47. The molecule has 1 aromatic carbocycles. The number of benzene rings is 1. The van der Waals surface area contributed by atoms with Crippen LogP contribution in [0.3, 0.4) is 0 Å². The van der Waals surface area contributed by atoms with E-state index in [2.05, 4.69) is 5.32 Å². The Labute approximate surface area is 101 Å². The molecule has 0 saturated carbocycles. The van der Waals surface area contributed by atoms with E-state index in [1.807, 2.05) is 20.0 Å². The summed E-state index contributed by atoms with van der Waals surface area (Å²) >= 11 is 1.50. The van der Waals surface area contributed by atoms with E-state index in [9.17, 15) is 4.39 Å². The van der Waals surface area contributed by atoms with Crippen LogP contribution in [-0.4, -0.2) is 26.5 Å². The lowest BCUT2D eigenvalue weighted by molar-refractivity contribution is 0.218. The van der Waals surface area contributed by atoms with Crippen molar-refractivity contribution in [3.8, 4) is 0 Å². The number of hydrogen-bond acceptors (Lipinski definition) is 3. The van der Waals surface area contributed by atoms with Crippen molar-refractivity contribution < 1.29 is 9.13 Å². The molecule has 90 valence electrons. The molecule has 0 bridgehead atoms. The fraction of sp³-hybridized carbons (Fsp3) is 0.500. The zero-order valence-corrected chi connectivity index (χ0v) is 10.7. The van der Waals surface area contributed by atoms with Crippen LogP contribution in [-0.2, 0) is 4.74 Å². The number of hydrogen-bond donors (Lipinski definition) is 1. The van der Waals surface area contributed by atoms with E-state index in [1.54, 1.807) is 13.2 Å². The van der Waals surface area contributed by atoms with Crippen molar-refractivity contribution in [2.24, 2.45) is 0 Å². The summed E-state index contributed by atoms with van der Waals surface area (Å²) in [5.74, 6) is 0.613. The Morgan fingerprint density at radius 1 is 1.50 bits per heavy atom. The molecule has 4 heteroatoms. The van der Waals surface area contributed by atoms with Crippen LogP contribution in [0.25, 0.3) is 0 Å². The quantitative estimate of drug-likeness (QED) is 0.613. The van der Waals surface area contributed by atoms with Crippen molar-refractivity contribution in [2.75, 3.05) is 26.5 Å². The number of halogens is 1. The largest absolute Gasteiger partial charge is 0.384 e.